The summed E-state index contributed by atoms with van der Waals surface area (Å²) < 4.78 is 0. The third kappa shape index (κ3) is 1.85. The molecule has 0 N–H and O–H groups in total. The number of hydrogen-bond acceptors (Lipinski definition) is 2. The fourth-order valence-corrected chi connectivity index (χ4v) is 3.43. The molecule has 0 aromatic heterocycles. The van der Waals surface area contributed by atoms with Crippen LogP contribution in [0.5, 0.6) is 0 Å². The summed E-state index contributed by atoms with van der Waals surface area (Å²) in [7, 11) is 0. The molecule has 2 nitrogen and oxygen atoms in total. The summed E-state index contributed by atoms with van der Waals surface area (Å²) in [5.41, 5.74) is 2.61. The van der Waals surface area contributed by atoms with Crippen LogP contribution in [0.2, 0.25) is 5.02 Å². The maximum absolute atomic E-state index is 11.6. The van der Waals surface area contributed by atoms with Gasteiger partial charge in [-0.15, -0.1) is 0 Å². The van der Waals surface area contributed by atoms with Crippen molar-refractivity contribution in [3.8, 4) is 0 Å². The summed E-state index contributed by atoms with van der Waals surface area (Å²) >= 11 is 6.04. The third-order valence-corrected chi connectivity index (χ3v) is 4.16. The molecule has 1 aromatic carbocycles. The lowest BCUT2D eigenvalue weighted by Gasteiger charge is -2.45. The van der Waals surface area contributed by atoms with Crippen LogP contribution >= 0.6 is 11.6 Å². The number of ketones is 1. The van der Waals surface area contributed by atoms with Crippen molar-refractivity contribution in [1.29, 1.82) is 0 Å². The second kappa shape index (κ2) is 4.02. The average Bonchev–Trinajstić information content (AvgIpc) is 2.28. The molecule has 0 spiro atoms. The number of halogens is 1. The fourth-order valence-electron chi connectivity index (χ4n) is 3.24. The Hall–Kier alpha value is -1.02. The topological polar surface area (TPSA) is 20.3 Å². The number of carbonyl (C=O) groups excluding carboxylic acids is 1. The Kier molecular flexibility index (Phi) is 2.62. The largest absolute Gasteiger partial charge is 0.365 e. The van der Waals surface area contributed by atoms with Crippen molar-refractivity contribution in [2.45, 2.75) is 44.7 Å². The molecule has 0 saturated carbocycles. The zero-order chi connectivity index (χ0) is 12.0. The van der Waals surface area contributed by atoms with Crippen LogP contribution in [0.4, 0.5) is 5.69 Å². The third-order valence-electron chi connectivity index (χ3n) is 3.92. The molecule has 17 heavy (non-hydrogen) atoms. The first-order chi connectivity index (χ1) is 8.15. The van der Waals surface area contributed by atoms with Crippen molar-refractivity contribution in [2.75, 3.05) is 4.90 Å². The highest BCUT2D eigenvalue weighted by molar-refractivity contribution is 6.30. The van der Waals surface area contributed by atoms with Gasteiger partial charge in [-0.05, 0) is 43.5 Å². The number of piperidine rings is 1. The Morgan fingerprint density at radius 1 is 1.35 bits per heavy atom. The number of carbonyl (C=O) groups is 1. The van der Waals surface area contributed by atoms with Crippen LogP contribution in [0.15, 0.2) is 18.2 Å². The van der Waals surface area contributed by atoms with Crippen LogP contribution in [0.3, 0.4) is 0 Å². The molecule has 0 radical (unpaired) electrons. The van der Waals surface area contributed by atoms with Gasteiger partial charge in [0.2, 0.25) is 0 Å². The quantitative estimate of drug-likeness (QED) is 0.704. The van der Waals surface area contributed by atoms with Crippen molar-refractivity contribution in [3.05, 3.63) is 28.8 Å². The molecule has 2 heterocycles. The number of anilines is 1. The summed E-state index contributed by atoms with van der Waals surface area (Å²) in [6, 6.07) is 6.85. The van der Waals surface area contributed by atoms with Gasteiger partial charge in [-0.25, -0.2) is 0 Å². The van der Waals surface area contributed by atoms with E-state index in [1.165, 1.54) is 11.3 Å². The summed E-state index contributed by atoms with van der Waals surface area (Å²) in [6.45, 7) is 2.15. The predicted octanol–water partition coefficient (Wildman–Crippen LogP) is 3.21. The maximum Gasteiger partial charge on any atom is 0.136 e. The lowest BCUT2D eigenvalue weighted by atomic mass is 9.86. The lowest BCUT2D eigenvalue weighted by Crippen LogP contribution is -2.50. The van der Waals surface area contributed by atoms with E-state index >= 15 is 0 Å². The maximum atomic E-state index is 11.6. The summed E-state index contributed by atoms with van der Waals surface area (Å²) in [4.78, 5) is 14.1. The van der Waals surface area contributed by atoms with Crippen molar-refractivity contribution >= 4 is 23.1 Å². The van der Waals surface area contributed by atoms with Gasteiger partial charge >= 0.3 is 0 Å². The van der Waals surface area contributed by atoms with Gasteiger partial charge in [0.15, 0.2) is 0 Å². The number of fused-ring (bicyclic) bond motifs is 3. The Morgan fingerprint density at radius 3 is 3.00 bits per heavy atom. The molecule has 0 bridgehead atoms. The summed E-state index contributed by atoms with van der Waals surface area (Å²) in [5, 5.41) is 0.808. The van der Waals surface area contributed by atoms with E-state index in [2.05, 4.69) is 24.0 Å². The number of Topliss-reactive ketones (excluding diaryl/α,β-unsaturated/α-hetero) is 1. The van der Waals surface area contributed by atoms with Crippen LogP contribution in [-0.2, 0) is 11.2 Å². The Bertz CT molecular complexity index is 471. The van der Waals surface area contributed by atoms with Crippen LogP contribution in [-0.4, -0.2) is 17.9 Å². The van der Waals surface area contributed by atoms with Gasteiger partial charge in [-0.1, -0.05) is 11.6 Å². The molecule has 0 aliphatic carbocycles. The SMILES string of the molecule is CC1CC(=O)CC2CCc3cc(Cl)ccc3N12. The minimum Gasteiger partial charge on any atom is -0.365 e. The van der Waals surface area contributed by atoms with Crippen LogP contribution in [0.25, 0.3) is 0 Å². The minimum absolute atomic E-state index is 0.321. The molecular formula is C14H16ClNO. The van der Waals surface area contributed by atoms with Crippen LogP contribution in [0, 0.1) is 0 Å². The summed E-state index contributed by atoms with van der Waals surface area (Å²) in [6.07, 6.45) is 3.51. The van der Waals surface area contributed by atoms with Gasteiger partial charge in [0.25, 0.3) is 0 Å². The van der Waals surface area contributed by atoms with Gasteiger partial charge in [0.1, 0.15) is 5.78 Å². The van der Waals surface area contributed by atoms with E-state index in [0.29, 0.717) is 30.7 Å². The molecule has 2 atom stereocenters. The van der Waals surface area contributed by atoms with E-state index in [-0.39, 0.29) is 0 Å². The molecule has 2 unspecified atom stereocenters. The zero-order valence-electron chi connectivity index (χ0n) is 9.95. The predicted molar refractivity (Wildman–Crippen MR) is 69.7 cm³/mol. The number of aryl methyl sites for hydroxylation is 1. The van der Waals surface area contributed by atoms with Gasteiger partial charge in [-0.3, -0.25) is 4.79 Å². The number of hydrogen-bond donors (Lipinski definition) is 0. The zero-order valence-corrected chi connectivity index (χ0v) is 10.7. The van der Waals surface area contributed by atoms with E-state index in [0.717, 1.165) is 17.9 Å². The van der Waals surface area contributed by atoms with Crippen LogP contribution in [0.1, 0.15) is 31.7 Å². The first kappa shape index (κ1) is 11.1. The first-order valence-corrected chi connectivity index (χ1v) is 6.61. The minimum atomic E-state index is 0.321. The van der Waals surface area contributed by atoms with Gasteiger partial charge in [-0.2, -0.15) is 0 Å². The normalized spacial score (nSPS) is 27.6. The van der Waals surface area contributed by atoms with Gasteiger partial charge in [0.05, 0.1) is 0 Å². The van der Waals surface area contributed by atoms with Crippen molar-refractivity contribution in [1.82, 2.24) is 0 Å². The molecule has 1 aromatic rings. The molecule has 90 valence electrons. The van der Waals surface area contributed by atoms with Gasteiger partial charge < -0.3 is 4.90 Å². The molecule has 1 saturated heterocycles. The number of benzene rings is 1. The molecule has 2 aliphatic heterocycles. The van der Waals surface area contributed by atoms with E-state index in [1.54, 1.807) is 0 Å². The number of nitrogens with zero attached hydrogens (tertiary/aromatic N) is 1. The molecule has 1 fully saturated rings. The molecule has 2 aliphatic rings. The van der Waals surface area contributed by atoms with E-state index in [1.807, 2.05) is 6.07 Å². The Morgan fingerprint density at radius 2 is 2.18 bits per heavy atom. The second-order valence-corrected chi connectivity index (χ2v) is 5.61. The molecule has 3 rings (SSSR count). The van der Waals surface area contributed by atoms with Crippen LogP contribution < -0.4 is 4.90 Å². The van der Waals surface area contributed by atoms with Crippen molar-refractivity contribution in [2.24, 2.45) is 0 Å². The Labute approximate surface area is 107 Å². The lowest BCUT2D eigenvalue weighted by molar-refractivity contribution is -0.120. The molecule has 3 heteroatoms. The monoisotopic (exact) mass is 249 g/mol. The highest BCUT2D eigenvalue weighted by Gasteiger charge is 2.35. The fraction of sp³-hybridized carbons (Fsp3) is 0.500. The standard InChI is InChI=1S/C14H16ClNO/c1-9-6-13(17)8-12-4-2-10-7-11(15)3-5-14(10)16(9)12/h3,5,7,9,12H,2,4,6,8H2,1H3. The van der Waals surface area contributed by atoms with E-state index in [9.17, 15) is 4.79 Å². The number of rotatable bonds is 0. The summed E-state index contributed by atoms with van der Waals surface area (Å²) in [5.74, 6) is 0.413. The van der Waals surface area contributed by atoms with Crippen molar-refractivity contribution < 1.29 is 4.79 Å². The highest BCUT2D eigenvalue weighted by Crippen LogP contribution is 2.38. The van der Waals surface area contributed by atoms with E-state index in [4.69, 9.17) is 11.6 Å². The molecular weight excluding hydrogens is 234 g/mol. The smallest absolute Gasteiger partial charge is 0.136 e. The average molecular weight is 250 g/mol. The van der Waals surface area contributed by atoms with E-state index < -0.39 is 0 Å². The highest BCUT2D eigenvalue weighted by atomic mass is 35.5. The van der Waals surface area contributed by atoms with Gasteiger partial charge in [0, 0.05) is 35.6 Å². The first-order valence-electron chi connectivity index (χ1n) is 6.23. The van der Waals surface area contributed by atoms with Crippen molar-refractivity contribution in [3.63, 3.8) is 0 Å². The Balaban J connectivity index is 2.02. The second-order valence-electron chi connectivity index (χ2n) is 5.17. The molecule has 0 amide bonds.